The fourth-order valence-electron chi connectivity index (χ4n) is 4.61. The van der Waals surface area contributed by atoms with Gasteiger partial charge in [0.2, 0.25) is 5.91 Å². The number of carbonyl (C=O) groups is 2. The number of hydrogen-bond donors (Lipinski definition) is 4. The lowest BCUT2D eigenvalue weighted by molar-refractivity contribution is -0.117. The number of aromatic amines is 2. The van der Waals surface area contributed by atoms with Gasteiger partial charge < -0.3 is 30.7 Å². The van der Waals surface area contributed by atoms with E-state index in [1.54, 1.807) is 24.3 Å². The maximum absolute atomic E-state index is 12.6. The Hall–Kier alpha value is -4.86. The molecule has 1 saturated heterocycles. The molecule has 1 aliphatic heterocycles. The molecule has 0 radical (unpaired) electrons. The van der Waals surface area contributed by atoms with Gasteiger partial charge in [-0.05, 0) is 55.3 Å². The Morgan fingerprint density at radius 1 is 1.08 bits per heavy atom. The zero-order valence-corrected chi connectivity index (χ0v) is 20.0. The molecule has 188 valence electrons. The van der Waals surface area contributed by atoms with Gasteiger partial charge in [0.25, 0.3) is 5.91 Å². The fourth-order valence-corrected chi connectivity index (χ4v) is 4.61. The van der Waals surface area contributed by atoms with E-state index in [2.05, 4.69) is 21.9 Å². The molecule has 0 bridgehead atoms. The van der Waals surface area contributed by atoms with E-state index in [-0.39, 0.29) is 17.5 Å². The summed E-state index contributed by atoms with van der Waals surface area (Å²) in [5, 5.41) is 2.93. The first-order valence-corrected chi connectivity index (χ1v) is 11.9. The Morgan fingerprint density at radius 3 is 2.49 bits per heavy atom. The smallest absolute Gasteiger partial charge is 0.323 e. The normalized spacial score (nSPS) is 15.4. The van der Waals surface area contributed by atoms with Gasteiger partial charge in [0.05, 0.1) is 16.8 Å². The van der Waals surface area contributed by atoms with Crippen molar-refractivity contribution >= 4 is 28.7 Å². The number of nitrogens with two attached hydrogens (primary N) is 1. The maximum atomic E-state index is 12.6. The summed E-state index contributed by atoms with van der Waals surface area (Å²) in [4.78, 5) is 49.0. The molecular weight excluding hydrogens is 472 g/mol. The summed E-state index contributed by atoms with van der Waals surface area (Å²) in [6, 6.07) is 16.4. The number of benzene rings is 2. The molecule has 10 heteroatoms. The summed E-state index contributed by atoms with van der Waals surface area (Å²) in [7, 11) is 0. The zero-order chi connectivity index (χ0) is 25.9. The standard InChI is InChI=1S/C27H26N6O4/c1-2-20(34)29-17-7-6-14-33(15-17)26-24-23(31-27(36)32-24)21(25(28)35)22(30-26)16-10-12-19(13-11-16)37-18-8-4-3-5-9-18/h2-5,8-13,17H,1,6-7,14-15H2,(H2,28,35)(H,29,34)(H2,31,32,36). The molecular formula is C27H26N6O4. The minimum atomic E-state index is -0.714. The Kier molecular flexibility index (Phi) is 6.46. The summed E-state index contributed by atoms with van der Waals surface area (Å²) < 4.78 is 5.88. The van der Waals surface area contributed by atoms with Gasteiger partial charge in [0.15, 0.2) is 5.82 Å². The summed E-state index contributed by atoms with van der Waals surface area (Å²) in [6.07, 6.45) is 2.85. The summed E-state index contributed by atoms with van der Waals surface area (Å²) >= 11 is 0. The average Bonchev–Trinajstić information content (AvgIpc) is 3.29. The monoisotopic (exact) mass is 498 g/mol. The van der Waals surface area contributed by atoms with Crippen molar-refractivity contribution in [2.24, 2.45) is 5.73 Å². The number of nitrogens with one attached hydrogen (secondary N) is 3. The van der Waals surface area contributed by atoms with Crippen LogP contribution in [-0.2, 0) is 4.79 Å². The third-order valence-electron chi connectivity index (χ3n) is 6.26. The molecule has 0 saturated carbocycles. The number of fused-ring (bicyclic) bond motifs is 1. The number of H-pyrrole nitrogens is 2. The van der Waals surface area contributed by atoms with E-state index in [0.717, 1.165) is 12.8 Å². The van der Waals surface area contributed by atoms with Crippen LogP contribution in [-0.4, -0.2) is 45.9 Å². The number of rotatable bonds is 7. The first-order chi connectivity index (χ1) is 17.9. The number of piperidine rings is 1. The second-order valence-corrected chi connectivity index (χ2v) is 8.79. The van der Waals surface area contributed by atoms with Crippen LogP contribution in [0.4, 0.5) is 5.82 Å². The second kappa shape index (κ2) is 10.0. The van der Waals surface area contributed by atoms with E-state index in [1.165, 1.54) is 6.08 Å². The van der Waals surface area contributed by atoms with E-state index < -0.39 is 11.6 Å². The van der Waals surface area contributed by atoms with Crippen LogP contribution in [0.3, 0.4) is 0 Å². The van der Waals surface area contributed by atoms with Crippen LogP contribution in [0.5, 0.6) is 11.5 Å². The number of carbonyl (C=O) groups excluding carboxylic acids is 2. The number of imidazole rings is 1. The van der Waals surface area contributed by atoms with Gasteiger partial charge in [-0.15, -0.1) is 0 Å². The lowest BCUT2D eigenvalue weighted by Crippen LogP contribution is -2.47. The summed E-state index contributed by atoms with van der Waals surface area (Å²) in [6.45, 7) is 4.66. The number of pyridine rings is 1. The number of para-hydroxylation sites is 1. The molecule has 1 atom stereocenters. The van der Waals surface area contributed by atoms with Crippen LogP contribution < -0.4 is 26.4 Å². The van der Waals surface area contributed by atoms with Crippen LogP contribution in [0.2, 0.25) is 0 Å². The third kappa shape index (κ3) is 4.94. The highest BCUT2D eigenvalue weighted by molar-refractivity contribution is 6.11. The lowest BCUT2D eigenvalue weighted by atomic mass is 10.0. The number of nitrogens with zero attached hydrogens (tertiary/aromatic N) is 2. The summed E-state index contributed by atoms with van der Waals surface area (Å²) in [5.41, 5.74) is 7.06. The first kappa shape index (κ1) is 23.9. The predicted molar refractivity (Wildman–Crippen MR) is 141 cm³/mol. The number of primary amides is 1. The van der Waals surface area contributed by atoms with Gasteiger partial charge in [-0.1, -0.05) is 24.8 Å². The van der Waals surface area contributed by atoms with E-state index in [0.29, 0.717) is 52.7 Å². The fraction of sp³-hybridized carbons (Fsp3) is 0.185. The summed E-state index contributed by atoms with van der Waals surface area (Å²) in [5.74, 6) is 0.846. The zero-order valence-electron chi connectivity index (χ0n) is 20.0. The average molecular weight is 499 g/mol. The minimum Gasteiger partial charge on any atom is -0.457 e. The van der Waals surface area contributed by atoms with Gasteiger partial charge in [0, 0.05) is 24.7 Å². The Morgan fingerprint density at radius 2 is 1.78 bits per heavy atom. The van der Waals surface area contributed by atoms with Gasteiger partial charge in [-0.2, -0.15) is 0 Å². The lowest BCUT2D eigenvalue weighted by Gasteiger charge is -2.34. The van der Waals surface area contributed by atoms with E-state index >= 15 is 0 Å². The maximum Gasteiger partial charge on any atom is 0.323 e. The van der Waals surface area contributed by atoms with Crippen molar-refractivity contribution in [3.8, 4) is 22.8 Å². The van der Waals surface area contributed by atoms with Crippen molar-refractivity contribution in [2.45, 2.75) is 18.9 Å². The van der Waals surface area contributed by atoms with Gasteiger partial charge in [-0.25, -0.2) is 9.78 Å². The highest BCUT2D eigenvalue weighted by Gasteiger charge is 2.28. The van der Waals surface area contributed by atoms with Crippen molar-refractivity contribution in [1.82, 2.24) is 20.3 Å². The van der Waals surface area contributed by atoms with Crippen molar-refractivity contribution < 1.29 is 14.3 Å². The molecule has 0 spiro atoms. The SMILES string of the molecule is C=CC(=O)NC1CCCN(c2nc(-c3ccc(Oc4ccccc4)cc3)c(C(N)=O)c3[nH]c(=O)[nH]c23)C1. The molecule has 3 heterocycles. The largest absolute Gasteiger partial charge is 0.457 e. The number of ether oxygens (including phenoxy) is 1. The van der Waals surface area contributed by atoms with Crippen molar-refractivity contribution in [3.05, 3.63) is 83.3 Å². The molecule has 10 nitrogen and oxygen atoms in total. The molecule has 37 heavy (non-hydrogen) atoms. The van der Waals surface area contributed by atoms with Crippen molar-refractivity contribution in [2.75, 3.05) is 18.0 Å². The molecule has 1 fully saturated rings. The quantitative estimate of drug-likeness (QED) is 0.288. The second-order valence-electron chi connectivity index (χ2n) is 8.79. The molecule has 5 rings (SSSR count). The van der Waals surface area contributed by atoms with Crippen molar-refractivity contribution in [3.63, 3.8) is 0 Å². The number of hydrogen-bond acceptors (Lipinski definition) is 6. The van der Waals surface area contributed by atoms with E-state index in [1.807, 2.05) is 35.2 Å². The van der Waals surface area contributed by atoms with E-state index in [9.17, 15) is 14.4 Å². The van der Waals surface area contributed by atoms with Crippen LogP contribution in [0.1, 0.15) is 23.2 Å². The van der Waals surface area contributed by atoms with Crippen LogP contribution in [0.15, 0.2) is 72.0 Å². The molecule has 1 aliphatic rings. The number of anilines is 1. The predicted octanol–water partition coefficient (Wildman–Crippen LogP) is 3.08. The van der Waals surface area contributed by atoms with Crippen molar-refractivity contribution in [1.29, 1.82) is 0 Å². The van der Waals surface area contributed by atoms with Crippen LogP contribution in [0, 0.1) is 0 Å². The molecule has 4 aromatic rings. The first-order valence-electron chi connectivity index (χ1n) is 11.9. The molecule has 1 unspecified atom stereocenters. The van der Waals surface area contributed by atoms with Crippen LogP contribution in [0.25, 0.3) is 22.3 Å². The highest BCUT2D eigenvalue weighted by atomic mass is 16.5. The Bertz CT molecular complexity index is 1520. The molecule has 2 amide bonds. The Balaban J connectivity index is 1.56. The Labute approximate surface area is 212 Å². The van der Waals surface area contributed by atoms with Crippen LogP contribution >= 0.6 is 0 Å². The molecule has 5 N–H and O–H groups in total. The minimum absolute atomic E-state index is 0.113. The highest BCUT2D eigenvalue weighted by Crippen LogP contribution is 2.34. The number of amides is 2. The van der Waals surface area contributed by atoms with Gasteiger partial charge in [-0.3, -0.25) is 9.59 Å². The van der Waals surface area contributed by atoms with Gasteiger partial charge >= 0.3 is 5.69 Å². The third-order valence-corrected chi connectivity index (χ3v) is 6.26. The van der Waals surface area contributed by atoms with Gasteiger partial charge in [0.1, 0.15) is 17.0 Å². The van der Waals surface area contributed by atoms with E-state index in [4.69, 9.17) is 15.5 Å². The molecule has 2 aromatic carbocycles. The molecule has 2 aromatic heterocycles. The topological polar surface area (TPSA) is 146 Å². The number of aromatic nitrogens is 3. The molecule has 0 aliphatic carbocycles.